The molecule has 3 nitrogen and oxygen atoms in total. The molecule has 2 aromatic carbocycles. The smallest absolute Gasteiger partial charge is 0.251 e. The molecule has 0 aromatic heterocycles. The van der Waals surface area contributed by atoms with E-state index in [9.17, 15) is 13.6 Å². The first kappa shape index (κ1) is 13.0. The second-order valence-corrected chi connectivity index (χ2v) is 4.01. The Hall–Kier alpha value is -2.43. The molecule has 0 radical (unpaired) electrons. The Morgan fingerprint density at radius 1 is 1.11 bits per heavy atom. The average Bonchev–Trinajstić information content (AvgIpc) is 2.40. The van der Waals surface area contributed by atoms with E-state index < -0.39 is 17.5 Å². The number of amides is 1. The number of rotatable bonds is 3. The molecule has 0 bridgehead atoms. The summed E-state index contributed by atoms with van der Waals surface area (Å²) in [4.78, 5) is 11.8. The molecule has 0 aliphatic heterocycles. The van der Waals surface area contributed by atoms with Crippen LogP contribution in [0.3, 0.4) is 0 Å². The summed E-state index contributed by atoms with van der Waals surface area (Å²) in [6.45, 7) is 0.0392. The predicted molar refractivity (Wildman–Crippen MR) is 68.4 cm³/mol. The van der Waals surface area contributed by atoms with Gasteiger partial charge in [0, 0.05) is 17.7 Å². The number of benzene rings is 2. The van der Waals surface area contributed by atoms with Crippen molar-refractivity contribution in [3.8, 4) is 0 Å². The predicted octanol–water partition coefficient (Wildman–Crippen LogP) is 2.48. The van der Waals surface area contributed by atoms with Crippen LogP contribution >= 0.6 is 0 Å². The third-order valence-corrected chi connectivity index (χ3v) is 2.66. The Morgan fingerprint density at radius 3 is 2.53 bits per heavy atom. The average molecular weight is 262 g/mol. The monoisotopic (exact) mass is 262 g/mol. The largest absolute Gasteiger partial charge is 0.396 e. The van der Waals surface area contributed by atoms with Gasteiger partial charge in [0.15, 0.2) is 0 Å². The maximum Gasteiger partial charge on any atom is 0.251 e. The van der Waals surface area contributed by atoms with Crippen LogP contribution in [0.15, 0.2) is 42.5 Å². The molecule has 1 amide bonds. The molecule has 0 fully saturated rings. The Labute approximate surface area is 109 Å². The van der Waals surface area contributed by atoms with Gasteiger partial charge in [0.05, 0.1) is 5.69 Å². The lowest BCUT2D eigenvalue weighted by molar-refractivity contribution is 0.0950. The van der Waals surface area contributed by atoms with Gasteiger partial charge in [0.1, 0.15) is 11.6 Å². The first-order valence-corrected chi connectivity index (χ1v) is 5.64. The Morgan fingerprint density at radius 2 is 1.84 bits per heavy atom. The minimum atomic E-state index is -0.654. The van der Waals surface area contributed by atoms with Gasteiger partial charge in [-0.1, -0.05) is 18.2 Å². The number of anilines is 1. The van der Waals surface area contributed by atoms with Gasteiger partial charge in [-0.15, -0.1) is 0 Å². The maximum absolute atomic E-state index is 13.3. The standard InChI is InChI=1S/C14H12F2N2O/c15-11-4-2-1-3-10(11)8-18-14(19)9-5-6-13(17)12(16)7-9/h1-7H,8,17H2,(H,18,19). The van der Waals surface area contributed by atoms with E-state index in [0.29, 0.717) is 5.56 Å². The minimum absolute atomic E-state index is 0.0225. The van der Waals surface area contributed by atoms with Crippen LogP contribution < -0.4 is 11.1 Å². The van der Waals surface area contributed by atoms with E-state index in [1.165, 1.54) is 18.2 Å². The molecule has 0 heterocycles. The van der Waals surface area contributed by atoms with Crippen molar-refractivity contribution < 1.29 is 13.6 Å². The quantitative estimate of drug-likeness (QED) is 0.835. The molecule has 98 valence electrons. The van der Waals surface area contributed by atoms with Gasteiger partial charge in [0.25, 0.3) is 5.91 Å². The molecule has 19 heavy (non-hydrogen) atoms. The van der Waals surface area contributed by atoms with Crippen LogP contribution in [0.4, 0.5) is 14.5 Å². The van der Waals surface area contributed by atoms with E-state index >= 15 is 0 Å². The number of carbonyl (C=O) groups excluding carboxylic acids is 1. The number of halogens is 2. The van der Waals surface area contributed by atoms with Crippen LogP contribution in [0, 0.1) is 11.6 Å². The van der Waals surface area contributed by atoms with Gasteiger partial charge in [0.2, 0.25) is 0 Å². The molecule has 0 aliphatic rings. The fourth-order valence-electron chi connectivity index (χ4n) is 1.59. The van der Waals surface area contributed by atoms with Crippen molar-refractivity contribution in [2.45, 2.75) is 6.54 Å². The van der Waals surface area contributed by atoms with Crippen LogP contribution in [0.25, 0.3) is 0 Å². The molecule has 0 saturated heterocycles. The SMILES string of the molecule is Nc1ccc(C(=O)NCc2ccccc2F)cc1F. The van der Waals surface area contributed by atoms with Crippen LogP contribution in [0.5, 0.6) is 0 Å². The molecule has 3 N–H and O–H groups in total. The topological polar surface area (TPSA) is 55.1 Å². The van der Waals surface area contributed by atoms with E-state index in [1.54, 1.807) is 18.2 Å². The van der Waals surface area contributed by atoms with Gasteiger partial charge < -0.3 is 11.1 Å². The highest BCUT2D eigenvalue weighted by atomic mass is 19.1. The van der Waals surface area contributed by atoms with Gasteiger partial charge in [-0.3, -0.25) is 4.79 Å². The van der Waals surface area contributed by atoms with Crippen LogP contribution in [0.2, 0.25) is 0 Å². The molecule has 5 heteroatoms. The molecular formula is C14H12F2N2O. The lowest BCUT2D eigenvalue weighted by atomic mass is 10.1. The van der Waals surface area contributed by atoms with Crippen LogP contribution in [0.1, 0.15) is 15.9 Å². The summed E-state index contributed by atoms with van der Waals surface area (Å²) in [5.74, 6) is -1.54. The van der Waals surface area contributed by atoms with Crippen LogP contribution in [-0.2, 0) is 6.54 Å². The molecule has 2 aromatic rings. The number of nitrogens with two attached hydrogens (primary N) is 1. The Balaban J connectivity index is 2.05. The summed E-state index contributed by atoms with van der Waals surface area (Å²) in [7, 11) is 0. The van der Waals surface area contributed by atoms with E-state index in [4.69, 9.17) is 5.73 Å². The fraction of sp³-hybridized carbons (Fsp3) is 0.0714. The highest BCUT2D eigenvalue weighted by Crippen LogP contribution is 2.12. The van der Waals surface area contributed by atoms with Crippen molar-refractivity contribution in [3.63, 3.8) is 0 Å². The molecular weight excluding hydrogens is 250 g/mol. The van der Waals surface area contributed by atoms with Gasteiger partial charge in [-0.25, -0.2) is 8.78 Å². The van der Waals surface area contributed by atoms with Gasteiger partial charge >= 0.3 is 0 Å². The zero-order valence-corrected chi connectivity index (χ0v) is 9.99. The third kappa shape index (κ3) is 3.07. The third-order valence-electron chi connectivity index (χ3n) is 2.66. The molecule has 0 atom stereocenters. The lowest BCUT2D eigenvalue weighted by Crippen LogP contribution is -2.23. The molecule has 2 rings (SSSR count). The van der Waals surface area contributed by atoms with Crippen LogP contribution in [-0.4, -0.2) is 5.91 Å². The van der Waals surface area contributed by atoms with E-state index in [0.717, 1.165) is 6.07 Å². The number of nitrogens with one attached hydrogen (secondary N) is 1. The molecule has 0 unspecified atom stereocenters. The number of hydrogen-bond acceptors (Lipinski definition) is 2. The zero-order chi connectivity index (χ0) is 13.8. The van der Waals surface area contributed by atoms with Crippen molar-refractivity contribution in [2.24, 2.45) is 0 Å². The summed E-state index contributed by atoms with van der Waals surface area (Å²) < 4.78 is 26.5. The van der Waals surface area contributed by atoms with Gasteiger partial charge in [-0.2, -0.15) is 0 Å². The Kier molecular flexibility index (Phi) is 3.75. The second-order valence-electron chi connectivity index (χ2n) is 4.01. The number of hydrogen-bond donors (Lipinski definition) is 2. The fourth-order valence-corrected chi connectivity index (χ4v) is 1.59. The summed E-state index contributed by atoms with van der Waals surface area (Å²) >= 11 is 0. The minimum Gasteiger partial charge on any atom is -0.396 e. The lowest BCUT2D eigenvalue weighted by Gasteiger charge is -2.07. The summed E-state index contributed by atoms with van der Waals surface area (Å²) in [5, 5.41) is 2.52. The van der Waals surface area contributed by atoms with E-state index in [2.05, 4.69) is 5.32 Å². The van der Waals surface area contributed by atoms with Crippen molar-refractivity contribution in [2.75, 3.05) is 5.73 Å². The second kappa shape index (κ2) is 5.48. The molecule has 0 aliphatic carbocycles. The van der Waals surface area contributed by atoms with E-state index in [1.807, 2.05) is 0 Å². The summed E-state index contributed by atoms with van der Waals surface area (Å²) in [6.07, 6.45) is 0. The van der Waals surface area contributed by atoms with Gasteiger partial charge in [-0.05, 0) is 24.3 Å². The van der Waals surface area contributed by atoms with Crippen molar-refractivity contribution in [1.29, 1.82) is 0 Å². The summed E-state index contributed by atoms with van der Waals surface area (Å²) in [6, 6.07) is 9.89. The number of nitrogen functional groups attached to an aromatic ring is 1. The van der Waals surface area contributed by atoms with Crippen molar-refractivity contribution >= 4 is 11.6 Å². The first-order chi connectivity index (χ1) is 9.08. The first-order valence-electron chi connectivity index (χ1n) is 5.64. The summed E-state index contributed by atoms with van der Waals surface area (Å²) in [5.41, 5.74) is 5.80. The highest BCUT2D eigenvalue weighted by Gasteiger charge is 2.09. The maximum atomic E-state index is 13.3. The highest BCUT2D eigenvalue weighted by molar-refractivity contribution is 5.94. The molecule has 0 spiro atoms. The van der Waals surface area contributed by atoms with Crippen molar-refractivity contribution in [1.82, 2.24) is 5.32 Å². The Bertz CT molecular complexity index is 614. The van der Waals surface area contributed by atoms with Crippen molar-refractivity contribution in [3.05, 3.63) is 65.2 Å². The van der Waals surface area contributed by atoms with E-state index in [-0.39, 0.29) is 17.8 Å². The zero-order valence-electron chi connectivity index (χ0n) is 9.99. The number of carbonyl (C=O) groups is 1. The molecule has 0 saturated carbocycles. The normalized spacial score (nSPS) is 10.2.